The summed E-state index contributed by atoms with van der Waals surface area (Å²) in [6, 6.07) is 17.9. The lowest BCUT2D eigenvalue weighted by molar-refractivity contribution is 0.607. The second kappa shape index (κ2) is 7.00. The first-order valence-electron chi connectivity index (χ1n) is 8.81. The molecule has 0 saturated heterocycles. The average molecular weight is 376 g/mol. The summed E-state index contributed by atoms with van der Waals surface area (Å²) in [5.41, 5.74) is 7.56. The number of sulfonamides is 1. The molecule has 1 aliphatic carbocycles. The minimum Gasteiger partial charge on any atom is -0.284 e. The molecule has 1 N–H and O–H groups in total. The molecule has 2 aromatic carbocycles. The first-order valence-corrected chi connectivity index (χ1v) is 10.7. The Morgan fingerprint density at radius 3 is 2.59 bits per heavy atom. The number of nitrogens with zero attached hydrogens (tertiary/aromatic N) is 1. The van der Waals surface area contributed by atoms with Gasteiger partial charge in [-0.2, -0.15) is 0 Å². The number of rotatable bonds is 3. The third-order valence-electron chi connectivity index (χ3n) is 4.67. The van der Waals surface area contributed by atoms with Crippen molar-refractivity contribution in [2.75, 3.05) is 11.0 Å². The van der Waals surface area contributed by atoms with E-state index in [1.54, 1.807) is 6.07 Å². The fourth-order valence-electron chi connectivity index (χ4n) is 3.53. The molecule has 136 valence electrons. The van der Waals surface area contributed by atoms with Crippen LogP contribution in [0.25, 0.3) is 11.6 Å². The maximum absolute atomic E-state index is 11.5. The van der Waals surface area contributed by atoms with Gasteiger partial charge < -0.3 is 0 Å². The molecule has 27 heavy (non-hydrogen) atoms. The van der Waals surface area contributed by atoms with Crippen LogP contribution in [0.3, 0.4) is 0 Å². The van der Waals surface area contributed by atoms with E-state index in [2.05, 4.69) is 46.1 Å². The normalized spacial score (nSPS) is 14.9. The fraction of sp³-hybridized carbons (Fsp3) is 0.136. The predicted octanol–water partition coefficient (Wildman–Crippen LogP) is 4.14. The number of benzene rings is 2. The van der Waals surface area contributed by atoms with Gasteiger partial charge in [-0.1, -0.05) is 36.4 Å². The Morgan fingerprint density at radius 2 is 1.74 bits per heavy atom. The van der Waals surface area contributed by atoms with Crippen LogP contribution in [0.15, 0.2) is 67.0 Å². The van der Waals surface area contributed by atoms with E-state index in [1.807, 2.05) is 30.6 Å². The van der Waals surface area contributed by atoms with E-state index in [0.29, 0.717) is 5.69 Å². The van der Waals surface area contributed by atoms with Gasteiger partial charge in [0.2, 0.25) is 10.0 Å². The van der Waals surface area contributed by atoms with Crippen molar-refractivity contribution >= 4 is 27.4 Å². The monoisotopic (exact) mass is 376 g/mol. The summed E-state index contributed by atoms with van der Waals surface area (Å²) in [5, 5.41) is 0. The van der Waals surface area contributed by atoms with E-state index in [1.165, 1.54) is 22.3 Å². The SMILES string of the molecule is CS(=O)(=O)Nc1cccc(C=C2c3ccccc3CCc3cnccc32)c1. The summed E-state index contributed by atoms with van der Waals surface area (Å²) >= 11 is 0. The van der Waals surface area contributed by atoms with Gasteiger partial charge in [0.05, 0.1) is 6.26 Å². The van der Waals surface area contributed by atoms with Crippen LogP contribution in [-0.4, -0.2) is 19.7 Å². The van der Waals surface area contributed by atoms with Crippen molar-refractivity contribution in [2.24, 2.45) is 0 Å². The molecule has 1 aliphatic rings. The molecule has 0 atom stereocenters. The minimum atomic E-state index is -3.31. The van der Waals surface area contributed by atoms with E-state index in [-0.39, 0.29) is 0 Å². The first kappa shape index (κ1) is 17.5. The zero-order valence-electron chi connectivity index (χ0n) is 15.0. The Kier molecular flexibility index (Phi) is 4.54. The average Bonchev–Trinajstić information content (AvgIpc) is 2.79. The third-order valence-corrected chi connectivity index (χ3v) is 5.27. The molecule has 0 bridgehead atoms. The molecular weight excluding hydrogens is 356 g/mol. The molecule has 0 amide bonds. The van der Waals surface area contributed by atoms with E-state index in [4.69, 9.17) is 0 Å². The van der Waals surface area contributed by atoms with E-state index >= 15 is 0 Å². The van der Waals surface area contributed by atoms with Crippen molar-refractivity contribution in [3.05, 3.63) is 94.8 Å². The lowest BCUT2D eigenvalue weighted by Crippen LogP contribution is -2.09. The number of aryl methyl sites for hydroxylation is 2. The Bertz CT molecular complexity index is 1080. The van der Waals surface area contributed by atoms with Crippen molar-refractivity contribution < 1.29 is 8.42 Å². The maximum atomic E-state index is 11.5. The summed E-state index contributed by atoms with van der Waals surface area (Å²) < 4.78 is 25.6. The summed E-state index contributed by atoms with van der Waals surface area (Å²) in [5.74, 6) is 0. The zero-order valence-corrected chi connectivity index (χ0v) is 15.8. The predicted molar refractivity (Wildman–Crippen MR) is 110 cm³/mol. The summed E-state index contributed by atoms with van der Waals surface area (Å²) in [4.78, 5) is 4.29. The molecular formula is C22H20N2O2S. The minimum absolute atomic E-state index is 0.559. The second-order valence-electron chi connectivity index (χ2n) is 6.75. The van der Waals surface area contributed by atoms with Crippen molar-refractivity contribution in [2.45, 2.75) is 12.8 Å². The molecule has 0 aliphatic heterocycles. The number of hydrogen-bond donors (Lipinski definition) is 1. The first-order chi connectivity index (χ1) is 13.0. The Hall–Kier alpha value is -2.92. The molecule has 0 radical (unpaired) electrons. The Morgan fingerprint density at radius 1 is 0.963 bits per heavy atom. The van der Waals surface area contributed by atoms with Crippen LogP contribution in [0.5, 0.6) is 0 Å². The van der Waals surface area contributed by atoms with Crippen LogP contribution in [0.2, 0.25) is 0 Å². The molecule has 3 aromatic rings. The molecule has 0 unspecified atom stereocenters. The van der Waals surface area contributed by atoms with Gasteiger partial charge in [0.25, 0.3) is 0 Å². The summed E-state index contributed by atoms with van der Waals surface area (Å²) in [6.45, 7) is 0. The highest BCUT2D eigenvalue weighted by Gasteiger charge is 2.17. The smallest absolute Gasteiger partial charge is 0.229 e. The number of nitrogens with one attached hydrogen (secondary N) is 1. The van der Waals surface area contributed by atoms with Crippen molar-refractivity contribution in [3.63, 3.8) is 0 Å². The molecule has 4 nitrogen and oxygen atoms in total. The highest BCUT2D eigenvalue weighted by atomic mass is 32.2. The highest BCUT2D eigenvalue weighted by molar-refractivity contribution is 7.92. The van der Waals surface area contributed by atoms with Gasteiger partial charge in [-0.15, -0.1) is 0 Å². The number of anilines is 1. The van der Waals surface area contributed by atoms with E-state index in [0.717, 1.165) is 30.2 Å². The zero-order chi connectivity index (χ0) is 18.9. The maximum Gasteiger partial charge on any atom is 0.229 e. The van der Waals surface area contributed by atoms with Crippen LogP contribution < -0.4 is 4.72 Å². The van der Waals surface area contributed by atoms with Crippen LogP contribution in [0, 0.1) is 0 Å². The van der Waals surface area contributed by atoms with Crippen molar-refractivity contribution in [1.82, 2.24) is 4.98 Å². The standard InChI is InChI=1S/C22H20N2O2S/c1-27(25,26)24-19-7-4-5-16(13-19)14-22-20-8-3-2-6-17(20)9-10-18-15-23-12-11-21(18)22/h2-8,11-15,24H,9-10H2,1H3. The van der Waals surface area contributed by atoms with E-state index < -0.39 is 10.0 Å². The van der Waals surface area contributed by atoms with Crippen molar-refractivity contribution in [3.8, 4) is 0 Å². The van der Waals surface area contributed by atoms with Gasteiger partial charge in [0, 0.05) is 18.1 Å². The van der Waals surface area contributed by atoms with Crippen LogP contribution >= 0.6 is 0 Å². The molecule has 0 spiro atoms. The topological polar surface area (TPSA) is 59.1 Å². The van der Waals surface area contributed by atoms with Gasteiger partial charge in [0.1, 0.15) is 0 Å². The number of aromatic nitrogens is 1. The van der Waals surface area contributed by atoms with Gasteiger partial charge in [-0.25, -0.2) is 8.42 Å². The van der Waals surface area contributed by atoms with Crippen LogP contribution in [0.4, 0.5) is 5.69 Å². The van der Waals surface area contributed by atoms with Gasteiger partial charge in [-0.3, -0.25) is 9.71 Å². The quantitative estimate of drug-likeness (QED) is 0.747. The second-order valence-corrected chi connectivity index (χ2v) is 8.50. The van der Waals surface area contributed by atoms with Gasteiger partial charge >= 0.3 is 0 Å². The molecule has 5 heteroatoms. The molecule has 0 saturated carbocycles. The largest absolute Gasteiger partial charge is 0.284 e. The number of pyridine rings is 1. The number of fused-ring (bicyclic) bond motifs is 2. The van der Waals surface area contributed by atoms with E-state index in [9.17, 15) is 8.42 Å². The summed E-state index contributed by atoms with van der Waals surface area (Å²) in [6.07, 6.45) is 8.97. The third kappa shape index (κ3) is 3.93. The Labute approximate surface area is 159 Å². The molecule has 4 rings (SSSR count). The van der Waals surface area contributed by atoms with Crippen molar-refractivity contribution in [1.29, 1.82) is 0 Å². The summed E-state index contributed by atoms with van der Waals surface area (Å²) in [7, 11) is -3.31. The van der Waals surface area contributed by atoms with Gasteiger partial charge in [0.15, 0.2) is 0 Å². The van der Waals surface area contributed by atoms with Crippen LogP contribution in [-0.2, 0) is 22.9 Å². The Balaban J connectivity index is 1.87. The lowest BCUT2D eigenvalue weighted by Gasteiger charge is -2.12. The highest BCUT2D eigenvalue weighted by Crippen LogP contribution is 2.34. The van der Waals surface area contributed by atoms with Crippen LogP contribution in [0.1, 0.15) is 27.8 Å². The number of hydrogen-bond acceptors (Lipinski definition) is 3. The molecule has 0 fully saturated rings. The fourth-order valence-corrected chi connectivity index (χ4v) is 4.09. The lowest BCUT2D eigenvalue weighted by atomic mass is 9.93. The molecule has 1 aromatic heterocycles. The molecule has 1 heterocycles. The van der Waals surface area contributed by atoms with Gasteiger partial charge in [-0.05, 0) is 70.5 Å².